The summed E-state index contributed by atoms with van der Waals surface area (Å²) < 4.78 is 0. The Bertz CT molecular complexity index is 1760. The maximum Gasteiger partial charge on any atom is 0.234 e. The lowest BCUT2D eigenvalue weighted by Crippen LogP contribution is -2.48. The number of hydrogen-bond donors (Lipinski definition) is 8. The average molecular weight is 732 g/mol. The minimum Gasteiger partial charge on any atom is -0.508 e. The fourth-order valence-electron chi connectivity index (χ4n) is 6.01. The van der Waals surface area contributed by atoms with Gasteiger partial charge in [0.1, 0.15) is 5.75 Å². The number of carbonyl (C=O) groups is 7. The van der Waals surface area contributed by atoms with Crippen LogP contribution in [0.25, 0.3) is 0 Å². The largest absolute Gasteiger partial charge is 0.508 e. The van der Waals surface area contributed by atoms with Gasteiger partial charge >= 0.3 is 0 Å². The summed E-state index contributed by atoms with van der Waals surface area (Å²) in [4.78, 5) is 97.9. The third-order valence-electron chi connectivity index (χ3n) is 8.69. The van der Waals surface area contributed by atoms with Crippen LogP contribution in [0.2, 0.25) is 0 Å². The van der Waals surface area contributed by atoms with Gasteiger partial charge < -0.3 is 49.4 Å². The minimum atomic E-state index is -1.69. The summed E-state index contributed by atoms with van der Waals surface area (Å²) in [5.74, 6) is -7.29. The lowest BCUT2D eigenvalue weighted by atomic mass is 9.78. The van der Waals surface area contributed by atoms with E-state index in [1.165, 1.54) is 24.3 Å². The molecule has 0 aromatic heterocycles. The van der Waals surface area contributed by atoms with Crippen molar-refractivity contribution in [2.24, 2.45) is 33.7 Å². The molecule has 0 saturated carbocycles. The number of rotatable bonds is 21. The van der Waals surface area contributed by atoms with Gasteiger partial charge in [-0.05, 0) is 55.4 Å². The predicted molar refractivity (Wildman–Crippen MR) is 194 cm³/mol. The van der Waals surface area contributed by atoms with Crippen LogP contribution >= 0.6 is 0 Å². The fraction of sp³-hybridized carbons (Fsp3) is 0.361. The molecule has 0 aliphatic carbocycles. The van der Waals surface area contributed by atoms with Gasteiger partial charge in [-0.25, -0.2) is 0 Å². The van der Waals surface area contributed by atoms with Gasteiger partial charge in [-0.15, -0.1) is 0 Å². The average Bonchev–Trinajstić information content (AvgIpc) is 3.63. The number of aliphatic imine (C=N–C) groups is 1. The Balaban J connectivity index is 2.17. The maximum absolute atomic E-state index is 14.6. The molecule has 2 aromatic carbocycles. The number of hydrogen-bond acceptors (Lipinski definition) is 13. The number of carbonyl (C=O) groups excluding carboxylic acids is 7. The Morgan fingerprint density at radius 1 is 0.981 bits per heavy atom. The number of ketones is 4. The van der Waals surface area contributed by atoms with E-state index in [1.807, 2.05) is 0 Å². The third-order valence-corrected chi connectivity index (χ3v) is 8.69. The molecule has 1 heterocycles. The van der Waals surface area contributed by atoms with Crippen molar-refractivity contribution in [3.8, 4) is 5.75 Å². The zero-order valence-electron chi connectivity index (χ0n) is 29.0. The first-order valence-corrected chi connectivity index (χ1v) is 16.8. The Labute approximate surface area is 305 Å². The quantitative estimate of drug-likeness (QED) is 0.00847. The van der Waals surface area contributed by atoms with E-state index in [1.54, 1.807) is 30.3 Å². The second kappa shape index (κ2) is 19.6. The number of phenols is 1. The molecule has 53 heavy (non-hydrogen) atoms. The number of Topliss-reactive ketones (excluding diaryl/α,β-unsaturated/α-hetero) is 4. The Hall–Kier alpha value is -5.91. The smallest absolute Gasteiger partial charge is 0.234 e. The van der Waals surface area contributed by atoms with E-state index in [2.05, 4.69) is 10.3 Å². The number of nitrogens with two attached hydrogens (primary N) is 5. The molecule has 1 aliphatic rings. The van der Waals surface area contributed by atoms with Crippen molar-refractivity contribution in [3.63, 3.8) is 0 Å². The molecule has 0 radical (unpaired) electrons. The minimum absolute atomic E-state index is 0.0151. The summed E-state index contributed by atoms with van der Waals surface area (Å²) in [6.07, 6.45) is -0.816. The fourth-order valence-corrected chi connectivity index (χ4v) is 6.01. The number of aldehydes is 1. The molecule has 17 nitrogen and oxygen atoms in total. The molecular formula is C36H45N9O8. The van der Waals surface area contributed by atoms with Gasteiger partial charge in [-0.1, -0.05) is 42.5 Å². The first-order valence-electron chi connectivity index (χ1n) is 16.8. The third kappa shape index (κ3) is 11.0. The molecular weight excluding hydrogens is 686 g/mol. The number of amides is 2. The second-order valence-electron chi connectivity index (χ2n) is 12.5. The summed E-state index contributed by atoms with van der Waals surface area (Å²) in [7, 11) is 0. The van der Waals surface area contributed by atoms with Gasteiger partial charge in [0.2, 0.25) is 23.9 Å². The SMILES string of the molecule is N=C(/C(C(=O)[C@@H]1CCCN1C(=O)C[C@@H](N)NC=O)=C(/C=O)C(=O)C(=O)[C@@H](N)CCCN=C(N)N)C(C(=O)[C@H](N)Cc1ccccc1)c1ccc(O)cc1. The molecule has 13 N–H and O–H groups in total. The lowest BCUT2D eigenvalue weighted by Gasteiger charge is -2.28. The lowest BCUT2D eigenvalue weighted by molar-refractivity contribution is -0.137. The van der Waals surface area contributed by atoms with Crippen molar-refractivity contribution in [2.75, 3.05) is 13.1 Å². The van der Waals surface area contributed by atoms with Crippen LogP contribution in [-0.4, -0.2) is 101 Å². The number of nitrogens with one attached hydrogen (secondary N) is 2. The first kappa shape index (κ1) is 41.5. The number of allylic oxidation sites excluding steroid dienone is 1. The molecule has 2 amide bonds. The summed E-state index contributed by atoms with van der Waals surface area (Å²) in [5.41, 5.74) is 26.9. The van der Waals surface area contributed by atoms with E-state index in [0.717, 1.165) is 4.90 Å². The number of likely N-dealkylation sites (tertiary alicyclic amines) is 1. The highest BCUT2D eigenvalue weighted by Gasteiger charge is 2.43. The van der Waals surface area contributed by atoms with Gasteiger partial charge in [-0.2, -0.15) is 0 Å². The summed E-state index contributed by atoms with van der Waals surface area (Å²) in [5, 5.41) is 21.6. The van der Waals surface area contributed by atoms with Crippen LogP contribution < -0.4 is 34.0 Å². The molecule has 5 atom stereocenters. The van der Waals surface area contributed by atoms with E-state index in [9.17, 15) is 44.1 Å². The zero-order chi connectivity index (χ0) is 39.2. The van der Waals surface area contributed by atoms with Crippen molar-refractivity contribution in [1.29, 1.82) is 5.41 Å². The molecule has 282 valence electrons. The van der Waals surface area contributed by atoms with Gasteiger partial charge in [0.15, 0.2) is 23.8 Å². The normalized spacial score (nSPS) is 16.6. The van der Waals surface area contributed by atoms with Crippen molar-refractivity contribution in [2.45, 2.75) is 68.7 Å². The van der Waals surface area contributed by atoms with Crippen LogP contribution in [0.15, 0.2) is 70.7 Å². The van der Waals surface area contributed by atoms with Crippen molar-refractivity contribution < 1.29 is 38.7 Å². The van der Waals surface area contributed by atoms with Crippen LogP contribution in [0.3, 0.4) is 0 Å². The van der Waals surface area contributed by atoms with Crippen LogP contribution in [0.4, 0.5) is 0 Å². The van der Waals surface area contributed by atoms with E-state index in [0.29, 0.717) is 18.4 Å². The summed E-state index contributed by atoms with van der Waals surface area (Å²) in [6.45, 7) is 0.134. The van der Waals surface area contributed by atoms with Gasteiger partial charge in [-0.3, -0.25) is 38.6 Å². The molecule has 17 heteroatoms. The molecule has 0 bridgehead atoms. The Morgan fingerprint density at radius 2 is 1.64 bits per heavy atom. The molecule has 0 spiro atoms. The monoisotopic (exact) mass is 731 g/mol. The highest BCUT2D eigenvalue weighted by molar-refractivity contribution is 6.52. The number of phenolic OH excluding ortho intramolecular Hbond substituents is 1. The number of nitrogens with zero attached hydrogens (tertiary/aromatic N) is 2. The molecule has 1 unspecified atom stereocenters. The van der Waals surface area contributed by atoms with Gasteiger partial charge in [0.05, 0.1) is 53.5 Å². The van der Waals surface area contributed by atoms with Crippen molar-refractivity contribution in [1.82, 2.24) is 10.2 Å². The zero-order valence-corrected chi connectivity index (χ0v) is 29.0. The van der Waals surface area contributed by atoms with E-state index < -0.39 is 82.5 Å². The van der Waals surface area contributed by atoms with Crippen LogP contribution in [0, 0.1) is 5.41 Å². The van der Waals surface area contributed by atoms with Crippen molar-refractivity contribution >= 4 is 53.4 Å². The number of benzene rings is 2. The molecule has 2 aromatic rings. The van der Waals surface area contributed by atoms with E-state index in [-0.39, 0.29) is 62.3 Å². The van der Waals surface area contributed by atoms with E-state index in [4.69, 9.17) is 28.7 Å². The van der Waals surface area contributed by atoms with E-state index >= 15 is 0 Å². The second-order valence-corrected chi connectivity index (χ2v) is 12.5. The van der Waals surface area contributed by atoms with Crippen LogP contribution in [0.5, 0.6) is 5.75 Å². The van der Waals surface area contributed by atoms with Gasteiger partial charge in [0.25, 0.3) is 0 Å². The Morgan fingerprint density at radius 3 is 2.25 bits per heavy atom. The molecule has 1 aliphatic heterocycles. The molecule has 3 rings (SSSR count). The molecule has 1 saturated heterocycles. The predicted octanol–water partition coefficient (Wildman–Crippen LogP) is -1.37. The Kier molecular flexibility index (Phi) is 15.4. The van der Waals surface area contributed by atoms with Gasteiger partial charge in [0, 0.05) is 13.1 Å². The first-order chi connectivity index (χ1) is 25.2. The van der Waals surface area contributed by atoms with Crippen molar-refractivity contribution in [3.05, 3.63) is 76.9 Å². The number of guanidine groups is 1. The summed E-state index contributed by atoms with van der Waals surface area (Å²) in [6, 6.07) is 9.77. The van der Waals surface area contributed by atoms with Crippen LogP contribution in [-0.2, 0) is 40.0 Å². The standard InChI is InChI=1S/C36H45N9O8/c37-24(8-4-14-43-36(41)42)34(52)32(50)23(18-46)30(35(53)26-9-5-15-45(26)28(49)17-27(39)44-19-47)31(40)29(21-10-12-22(48)13-11-21)33(51)25(38)16-20-6-2-1-3-7-20/h1-3,6-7,10-13,18-19,24-27,29,40,48H,4-5,8-9,14-17,37-39H2,(H,44,47)(H4,41,42,43)/b30-23+,40-31?/t24-,25+,26-,27-,29?/m0/s1. The summed E-state index contributed by atoms with van der Waals surface area (Å²) >= 11 is 0. The van der Waals surface area contributed by atoms with Crippen LogP contribution in [0.1, 0.15) is 49.1 Å². The number of aromatic hydroxyl groups is 1. The topological polar surface area (TPSA) is 321 Å². The molecule has 1 fully saturated rings. The maximum atomic E-state index is 14.6. The highest BCUT2D eigenvalue weighted by Crippen LogP contribution is 2.31. The highest BCUT2D eigenvalue weighted by atomic mass is 16.3.